The minimum absolute atomic E-state index is 0.292. The molecule has 0 aliphatic rings. The predicted molar refractivity (Wildman–Crippen MR) is 68.3 cm³/mol. The van der Waals surface area contributed by atoms with Crippen LogP contribution >= 0.6 is 15.9 Å². The highest BCUT2D eigenvalue weighted by Crippen LogP contribution is 2.25. The van der Waals surface area contributed by atoms with E-state index in [1.807, 2.05) is 30.3 Å². The van der Waals surface area contributed by atoms with Gasteiger partial charge >= 0.3 is 0 Å². The van der Waals surface area contributed by atoms with E-state index < -0.39 is 0 Å². The van der Waals surface area contributed by atoms with Crippen LogP contribution < -0.4 is 0 Å². The predicted octanol–water partition coefficient (Wildman–Crippen LogP) is 3.90. The molecule has 0 fully saturated rings. The fraction of sp³-hybridized carbons (Fsp3) is 0. The summed E-state index contributed by atoms with van der Waals surface area (Å²) in [5.41, 5.74) is 2.60. The summed E-state index contributed by atoms with van der Waals surface area (Å²) in [5.74, 6) is -0.292. The maximum atomic E-state index is 13.4. The lowest BCUT2D eigenvalue weighted by Gasteiger charge is -2.02. The Hall–Kier alpha value is -1.68. The van der Waals surface area contributed by atoms with Gasteiger partial charge in [-0.3, -0.25) is 4.40 Å². The van der Waals surface area contributed by atoms with Gasteiger partial charge in [-0.05, 0) is 22.0 Å². The molecule has 0 saturated heterocycles. The van der Waals surface area contributed by atoms with Crippen LogP contribution in [0.15, 0.2) is 53.3 Å². The van der Waals surface area contributed by atoms with Crippen molar-refractivity contribution in [3.63, 3.8) is 0 Å². The van der Waals surface area contributed by atoms with Crippen LogP contribution in [0.3, 0.4) is 0 Å². The summed E-state index contributed by atoms with van der Waals surface area (Å²) >= 11 is 3.31. The number of nitrogens with zero attached hydrogens (tertiary/aromatic N) is 2. The van der Waals surface area contributed by atoms with Gasteiger partial charge in [0.1, 0.15) is 5.82 Å². The zero-order chi connectivity index (χ0) is 11.8. The minimum Gasteiger partial charge on any atom is -0.296 e. The molecule has 3 rings (SSSR count). The van der Waals surface area contributed by atoms with Gasteiger partial charge in [0.2, 0.25) is 0 Å². The van der Waals surface area contributed by atoms with Crippen molar-refractivity contribution in [1.82, 2.24) is 9.38 Å². The lowest BCUT2D eigenvalue weighted by atomic mass is 10.2. The Balaban J connectivity index is 2.32. The molecule has 0 atom stereocenters. The standard InChI is InChI=1S/C13H8BrFN2/c14-11-6-10(15)8-17-12(7-16-13(11)17)9-4-2-1-3-5-9/h1-8H. The van der Waals surface area contributed by atoms with Gasteiger partial charge < -0.3 is 0 Å². The van der Waals surface area contributed by atoms with Crippen molar-refractivity contribution in [3.8, 4) is 11.3 Å². The quantitative estimate of drug-likeness (QED) is 0.664. The van der Waals surface area contributed by atoms with E-state index in [0.29, 0.717) is 10.1 Å². The Labute approximate surface area is 106 Å². The first-order valence-electron chi connectivity index (χ1n) is 5.13. The summed E-state index contributed by atoms with van der Waals surface area (Å²) in [7, 11) is 0. The number of halogens is 2. The molecule has 2 aromatic heterocycles. The first-order valence-corrected chi connectivity index (χ1v) is 5.92. The molecule has 2 nitrogen and oxygen atoms in total. The molecular weight excluding hydrogens is 283 g/mol. The third-order valence-corrected chi connectivity index (χ3v) is 3.18. The fourth-order valence-electron chi connectivity index (χ4n) is 1.84. The lowest BCUT2D eigenvalue weighted by Crippen LogP contribution is -1.91. The Bertz CT molecular complexity index is 676. The van der Waals surface area contributed by atoms with Crippen LogP contribution in [0.2, 0.25) is 0 Å². The van der Waals surface area contributed by atoms with Gasteiger partial charge in [0.25, 0.3) is 0 Å². The molecule has 84 valence electrons. The molecular formula is C13H8BrFN2. The number of aromatic nitrogens is 2. The normalized spacial score (nSPS) is 10.9. The largest absolute Gasteiger partial charge is 0.296 e. The van der Waals surface area contributed by atoms with Crippen molar-refractivity contribution in [1.29, 1.82) is 0 Å². The van der Waals surface area contributed by atoms with Crippen LogP contribution in [-0.2, 0) is 0 Å². The van der Waals surface area contributed by atoms with Gasteiger partial charge in [-0.25, -0.2) is 9.37 Å². The smallest absolute Gasteiger partial charge is 0.151 e. The van der Waals surface area contributed by atoms with Crippen molar-refractivity contribution >= 4 is 21.6 Å². The van der Waals surface area contributed by atoms with Gasteiger partial charge in [0, 0.05) is 11.8 Å². The van der Waals surface area contributed by atoms with Gasteiger partial charge in [0.05, 0.1) is 16.4 Å². The molecule has 0 aliphatic carbocycles. The van der Waals surface area contributed by atoms with E-state index in [1.54, 1.807) is 10.6 Å². The van der Waals surface area contributed by atoms with Crippen molar-refractivity contribution in [2.24, 2.45) is 0 Å². The van der Waals surface area contributed by atoms with E-state index in [-0.39, 0.29) is 5.82 Å². The first-order chi connectivity index (χ1) is 8.25. The molecule has 0 unspecified atom stereocenters. The highest BCUT2D eigenvalue weighted by Gasteiger charge is 2.09. The number of benzene rings is 1. The average Bonchev–Trinajstić information content (AvgIpc) is 2.74. The summed E-state index contributed by atoms with van der Waals surface area (Å²) in [6, 6.07) is 11.2. The second-order valence-electron chi connectivity index (χ2n) is 3.71. The molecule has 0 bridgehead atoms. The molecule has 0 saturated carbocycles. The summed E-state index contributed by atoms with van der Waals surface area (Å²) in [6.07, 6.45) is 3.18. The number of rotatable bonds is 1. The van der Waals surface area contributed by atoms with Gasteiger partial charge in [-0.2, -0.15) is 0 Å². The maximum absolute atomic E-state index is 13.4. The number of hydrogen-bond donors (Lipinski definition) is 0. The van der Waals surface area contributed by atoms with Crippen molar-refractivity contribution in [2.75, 3.05) is 0 Å². The van der Waals surface area contributed by atoms with Crippen LogP contribution in [0.4, 0.5) is 4.39 Å². The van der Waals surface area contributed by atoms with E-state index in [1.165, 1.54) is 12.3 Å². The van der Waals surface area contributed by atoms with E-state index in [0.717, 1.165) is 11.3 Å². The first kappa shape index (κ1) is 10.5. The second kappa shape index (κ2) is 3.96. The Morgan fingerprint density at radius 1 is 1.18 bits per heavy atom. The van der Waals surface area contributed by atoms with E-state index >= 15 is 0 Å². The number of hydrogen-bond acceptors (Lipinski definition) is 1. The zero-order valence-electron chi connectivity index (χ0n) is 8.77. The summed E-state index contributed by atoms with van der Waals surface area (Å²) in [6.45, 7) is 0. The van der Waals surface area contributed by atoms with E-state index in [4.69, 9.17) is 0 Å². The Morgan fingerprint density at radius 2 is 1.94 bits per heavy atom. The van der Waals surface area contributed by atoms with Crippen LogP contribution in [0, 0.1) is 5.82 Å². The van der Waals surface area contributed by atoms with Crippen molar-refractivity contribution < 1.29 is 4.39 Å². The highest BCUT2D eigenvalue weighted by atomic mass is 79.9. The Morgan fingerprint density at radius 3 is 2.71 bits per heavy atom. The molecule has 0 N–H and O–H groups in total. The average molecular weight is 291 g/mol. The van der Waals surface area contributed by atoms with Crippen LogP contribution in [0.25, 0.3) is 16.9 Å². The number of fused-ring (bicyclic) bond motifs is 1. The summed E-state index contributed by atoms with van der Waals surface area (Å²) in [5, 5.41) is 0. The third kappa shape index (κ3) is 1.74. The molecule has 0 radical (unpaired) electrons. The number of imidazole rings is 1. The van der Waals surface area contributed by atoms with Crippen LogP contribution in [0.5, 0.6) is 0 Å². The SMILES string of the molecule is Fc1cc(Br)c2ncc(-c3ccccc3)n2c1. The number of pyridine rings is 1. The van der Waals surface area contributed by atoms with Crippen LogP contribution in [-0.4, -0.2) is 9.38 Å². The molecule has 0 spiro atoms. The summed E-state index contributed by atoms with van der Waals surface area (Å²) in [4.78, 5) is 4.29. The molecule has 1 aromatic carbocycles. The van der Waals surface area contributed by atoms with E-state index in [9.17, 15) is 4.39 Å². The highest BCUT2D eigenvalue weighted by molar-refractivity contribution is 9.10. The van der Waals surface area contributed by atoms with E-state index in [2.05, 4.69) is 20.9 Å². The van der Waals surface area contributed by atoms with Gasteiger partial charge in [0.15, 0.2) is 5.65 Å². The van der Waals surface area contributed by atoms with Gasteiger partial charge in [-0.1, -0.05) is 30.3 Å². The lowest BCUT2D eigenvalue weighted by molar-refractivity contribution is 0.618. The van der Waals surface area contributed by atoms with Gasteiger partial charge in [-0.15, -0.1) is 0 Å². The second-order valence-corrected chi connectivity index (χ2v) is 4.56. The minimum atomic E-state index is -0.292. The van der Waals surface area contributed by atoms with Crippen LogP contribution in [0.1, 0.15) is 0 Å². The molecule has 3 aromatic rings. The maximum Gasteiger partial charge on any atom is 0.151 e. The molecule has 0 amide bonds. The summed E-state index contributed by atoms with van der Waals surface area (Å²) < 4.78 is 15.8. The monoisotopic (exact) mass is 290 g/mol. The zero-order valence-corrected chi connectivity index (χ0v) is 10.4. The molecule has 0 aliphatic heterocycles. The molecule has 17 heavy (non-hydrogen) atoms. The van der Waals surface area contributed by atoms with Crippen molar-refractivity contribution in [2.45, 2.75) is 0 Å². The Kier molecular flexibility index (Phi) is 2.44. The molecule has 4 heteroatoms. The van der Waals surface area contributed by atoms with Crippen molar-refractivity contribution in [3.05, 3.63) is 59.1 Å². The fourth-order valence-corrected chi connectivity index (χ4v) is 2.35. The third-order valence-electron chi connectivity index (χ3n) is 2.60. The molecule has 2 heterocycles. The topological polar surface area (TPSA) is 17.3 Å².